The van der Waals surface area contributed by atoms with E-state index in [1.807, 2.05) is 6.07 Å². The van der Waals surface area contributed by atoms with E-state index in [-0.39, 0.29) is 19.8 Å². The maximum atomic E-state index is 14.0. The van der Waals surface area contributed by atoms with Gasteiger partial charge in [-0.05, 0) is 60.7 Å². The van der Waals surface area contributed by atoms with Crippen molar-refractivity contribution in [2.75, 3.05) is 34.5 Å². The zero-order valence-electron chi connectivity index (χ0n) is 26.6. The van der Waals surface area contributed by atoms with E-state index in [0.29, 0.717) is 28.3 Å². The number of nitrogens with zero attached hydrogens (tertiary/aromatic N) is 7. The van der Waals surface area contributed by atoms with Crippen molar-refractivity contribution in [2.45, 2.75) is 6.18 Å². The molecule has 2 amide bonds. The van der Waals surface area contributed by atoms with Gasteiger partial charge in [0.05, 0.1) is 35.5 Å². The van der Waals surface area contributed by atoms with Crippen molar-refractivity contribution < 1.29 is 34.4 Å². The van der Waals surface area contributed by atoms with Crippen molar-refractivity contribution in [1.82, 2.24) is 24.9 Å². The first-order valence-corrected chi connectivity index (χ1v) is 15.5. The number of hydrogen-bond acceptors (Lipinski definition) is 10. The topological polar surface area (TPSA) is 129 Å². The van der Waals surface area contributed by atoms with E-state index in [0.717, 1.165) is 24.0 Å². The summed E-state index contributed by atoms with van der Waals surface area (Å²) < 4.78 is 66.3. The summed E-state index contributed by atoms with van der Waals surface area (Å²) in [6.45, 7) is 0. The molecule has 2 N–H and O–H groups in total. The van der Waals surface area contributed by atoms with E-state index in [4.69, 9.17) is 0 Å². The first-order chi connectivity index (χ1) is 24.4. The molecular formula is C34H30F5N9O2S. The molecule has 4 aromatic heterocycles. The van der Waals surface area contributed by atoms with Crippen molar-refractivity contribution in [3.8, 4) is 0 Å². The van der Waals surface area contributed by atoms with Crippen molar-refractivity contribution in [2.24, 2.45) is 0 Å². The van der Waals surface area contributed by atoms with Crippen LogP contribution in [0.4, 0.5) is 55.7 Å². The van der Waals surface area contributed by atoms with E-state index in [2.05, 4.69) is 35.6 Å². The number of thiazole rings is 1. The summed E-state index contributed by atoms with van der Waals surface area (Å²) in [4.78, 5) is 47.4. The predicted octanol–water partition coefficient (Wildman–Crippen LogP) is 8.24. The zero-order valence-corrected chi connectivity index (χ0v) is 27.5. The number of hydrogen-bond donors (Lipinski definition) is 2. The number of carbonyl (C=O) groups excluding carboxylic acids is 2. The lowest BCUT2D eigenvalue weighted by Gasteiger charge is -2.19. The highest BCUT2D eigenvalue weighted by molar-refractivity contribution is 7.13. The minimum atomic E-state index is -4.57. The highest BCUT2D eigenvalue weighted by atomic mass is 32.1. The molecule has 0 fully saturated rings. The molecule has 0 saturated heterocycles. The third-order valence-corrected chi connectivity index (χ3v) is 7.70. The van der Waals surface area contributed by atoms with Crippen molar-refractivity contribution in [1.29, 1.82) is 0 Å². The molecule has 6 rings (SSSR count). The Morgan fingerprint density at radius 2 is 1.31 bits per heavy atom. The molecule has 0 saturated carbocycles. The van der Waals surface area contributed by atoms with E-state index in [1.165, 1.54) is 54.3 Å². The molecule has 6 aromatic rings. The molecule has 0 bridgehead atoms. The smallest absolute Gasteiger partial charge is 0.343 e. The van der Waals surface area contributed by atoms with Gasteiger partial charge in [0.25, 0.3) is 11.8 Å². The highest BCUT2D eigenvalue weighted by Gasteiger charge is 2.31. The molecule has 51 heavy (non-hydrogen) atoms. The third kappa shape index (κ3) is 9.63. The fraction of sp³-hybridized carbons (Fsp3) is 0.0882. The van der Waals surface area contributed by atoms with Gasteiger partial charge in [-0.25, -0.2) is 28.7 Å². The minimum Gasteiger partial charge on any atom is -0.343 e. The number of amides is 2. The van der Waals surface area contributed by atoms with E-state index in [1.54, 1.807) is 60.0 Å². The van der Waals surface area contributed by atoms with Crippen molar-refractivity contribution >= 4 is 56.9 Å². The number of nitrogens with one attached hydrogen (secondary N) is 2. The number of rotatable bonds is 8. The summed E-state index contributed by atoms with van der Waals surface area (Å²) in [6.07, 6.45) is 5.62. The summed E-state index contributed by atoms with van der Waals surface area (Å²) in [5.74, 6) is -2.67. The largest absolute Gasteiger partial charge is 0.416 e. The number of anilines is 6. The van der Waals surface area contributed by atoms with Crippen LogP contribution in [0, 0.1) is 11.6 Å². The van der Waals surface area contributed by atoms with Gasteiger partial charge in [0, 0.05) is 63.4 Å². The van der Waals surface area contributed by atoms with Crippen LogP contribution in [0.3, 0.4) is 0 Å². The molecule has 2 aromatic carbocycles. The summed E-state index contributed by atoms with van der Waals surface area (Å²) in [6, 6.07) is 12.9. The fourth-order valence-corrected chi connectivity index (χ4v) is 4.95. The van der Waals surface area contributed by atoms with Gasteiger partial charge in [-0.1, -0.05) is 0 Å². The van der Waals surface area contributed by atoms with Crippen molar-refractivity contribution in [3.05, 3.63) is 138 Å². The lowest BCUT2D eigenvalue weighted by atomic mass is 10.1. The van der Waals surface area contributed by atoms with E-state index < -0.39 is 35.2 Å². The molecule has 0 aliphatic rings. The standard InChI is InChI=1S/C18H13F4N5O.C16H13FN4OS.2H2/c1-27(15-8-23-10-24-9-15)14-5-11(4-13(19)7-14)17(28)26-16-6-12(2-3-25-16)18(20,21)22;1-21(13-3-2-4-18-10-13)14-8-11(7-12(17)9-14)15(22)20-16-19-5-6-23-16;;/h2-10H,1H3,(H,25,26,28);2-10H,1H3,(H,19,20,22);2*1H. The van der Waals surface area contributed by atoms with Crippen LogP contribution in [-0.2, 0) is 6.18 Å². The molecule has 0 spiro atoms. The summed E-state index contributed by atoms with van der Waals surface area (Å²) >= 11 is 1.30. The molecule has 0 radical (unpaired) electrons. The zero-order chi connectivity index (χ0) is 36.5. The van der Waals surface area contributed by atoms with Crippen LogP contribution < -0.4 is 20.4 Å². The highest BCUT2D eigenvalue weighted by Crippen LogP contribution is 2.30. The maximum Gasteiger partial charge on any atom is 0.416 e. The molecule has 0 unspecified atom stereocenters. The number of alkyl halides is 3. The first kappa shape index (κ1) is 35.9. The van der Waals surface area contributed by atoms with Gasteiger partial charge < -0.3 is 15.1 Å². The summed E-state index contributed by atoms with van der Waals surface area (Å²) in [5.41, 5.74) is 1.42. The van der Waals surface area contributed by atoms with Gasteiger partial charge in [0.1, 0.15) is 23.8 Å². The van der Waals surface area contributed by atoms with Crippen LogP contribution in [0.25, 0.3) is 0 Å². The van der Waals surface area contributed by atoms with Crippen LogP contribution in [0.2, 0.25) is 0 Å². The normalized spacial score (nSPS) is 10.8. The minimum absolute atomic E-state index is 0. The number of benzene rings is 2. The first-order valence-electron chi connectivity index (χ1n) is 14.7. The molecular weight excluding hydrogens is 693 g/mol. The van der Waals surface area contributed by atoms with Gasteiger partial charge >= 0.3 is 6.18 Å². The molecule has 4 heterocycles. The number of aromatic nitrogens is 5. The Kier molecular flexibility index (Phi) is 11.2. The monoisotopic (exact) mass is 723 g/mol. The quantitative estimate of drug-likeness (QED) is 0.149. The SMILES string of the molecule is CN(c1cccnc1)c1cc(F)cc(C(=O)Nc2nccs2)c1.CN(c1cncnc1)c1cc(F)cc(C(=O)Nc2cc(C(F)(F)F)ccn2)c1.[HH].[HH]. The Hall–Kier alpha value is -6.36. The van der Waals surface area contributed by atoms with Crippen LogP contribution >= 0.6 is 11.3 Å². The number of carbonyl (C=O) groups is 2. The van der Waals surface area contributed by atoms with Crippen LogP contribution in [0.15, 0.2) is 110 Å². The second-order valence-electron chi connectivity index (χ2n) is 10.5. The molecule has 0 aliphatic heterocycles. The van der Waals surface area contributed by atoms with Gasteiger partial charge in [-0.2, -0.15) is 13.2 Å². The van der Waals surface area contributed by atoms with Crippen LogP contribution in [0.5, 0.6) is 0 Å². The molecule has 0 aliphatic carbocycles. The van der Waals surface area contributed by atoms with E-state index in [9.17, 15) is 31.5 Å². The van der Waals surface area contributed by atoms with Crippen molar-refractivity contribution in [3.63, 3.8) is 0 Å². The van der Waals surface area contributed by atoms with Crippen LogP contribution in [0.1, 0.15) is 29.1 Å². The average molecular weight is 724 g/mol. The van der Waals surface area contributed by atoms with Gasteiger partial charge in [-0.15, -0.1) is 11.3 Å². The number of halogens is 5. The lowest BCUT2D eigenvalue weighted by molar-refractivity contribution is -0.137. The second-order valence-corrected chi connectivity index (χ2v) is 11.4. The van der Waals surface area contributed by atoms with Gasteiger partial charge in [0.15, 0.2) is 5.13 Å². The second kappa shape index (κ2) is 15.9. The molecule has 17 heteroatoms. The molecule has 0 atom stereocenters. The third-order valence-electron chi connectivity index (χ3n) is 7.01. The van der Waals surface area contributed by atoms with E-state index >= 15 is 0 Å². The number of pyridine rings is 2. The average Bonchev–Trinajstić information content (AvgIpc) is 3.64. The molecule has 264 valence electrons. The van der Waals surface area contributed by atoms with Crippen LogP contribution in [-0.4, -0.2) is 50.8 Å². The Balaban J connectivity index is 0.000000280. The molecule has 11 nitrogen and oxygen atoms in total. The Morgan fingerprint density at radius 3 is 1.88 bits per heavy atom. The predicted molar refractivity (Wildman–Crippen MR) is 187 cm³/mol. The van der Waals surface area contributed by atoms with Gasteiger partial charge in [-0.3, -0.25) is 19.9 Å². The Bertz CT molecular complexity index is 2120. The fourth-order valence-electron chi connectivity index (χ4n) is 4.43. The summed E-state index contributed by atoms with van der Waals surface area (Å²) in [5, 5.41) is 7.11. The Labute approximate surface area is 294 Å². The maximum absolute atomic E-state index is 14.0. The summed E-state index contributed by atoms with van der Waals surface area (Å²) in [7, 11) is 3.41. The Morgan fingerprint density at radius 1 is 0.706 bits per heavy atom. The van der Waals surface area contributed by atoms with Gasteiger partial charge in [0.2, 0.25) is 0 Å². The lowest BCUT2D eigenvalue weighted by Crippen LogP contribution is -2.16.